The third-order valence-electron chi connectivity index (χ3n) is 2.39. The highest BCUT2D eigenvalue weighted by Crippen LogP contribution is 2.69. The van der Waals surface area contributed by atoms with Gasteiger partial charge in [0.2, 0.25) is 0 Å². The topological polar surface area (TPSA) is 9.23 Å². The minimum absolute atomic E-state index is 0.752. The Balaban J connectivity index is 3.52. The smallest absolute Gasteiger partial charge is 0.333 e. The third-order valence-corrected chi connectivity index (χ3v) is 2.39. The molecule has 108 valence electrons. The number of rotatable bonds is 2. The van der Waals surface area contributed by atoms with Gasteiger partial charge in [0, 0.05) is 0 Å². The van der Waals surface area contributed by atoms with Crippen LogP contribution in [0.15, 0.2) is 0 Å². The van der Waals surface area contributed by atoms with E-state index in [4.69, 9.17) is 0 Å². The molecule has 0 amide bonds. The number of alkyl halides is 9. The second-order valence-corrected chi connectivity index (χ2v) is 4.06. The number of halogens is 9. The van der Waals surface area contributed by atoms with Gasteiger partial charge in [0.1, 0.15) is 0 Å². The van der Waals surface area contributed by atoms with Crippen molar-refractivity contribution >= 4 is 0 Å². The van der Waals surface area contributed by atoms with Crippen LogP contribution in [0.25, 0.3) is 0 Å². The van der Waals surface area contributed by atoms with E-state index in [9.17, 15) is 39.5 Å². The highest BCUT2D eigenvalue weighted by atomic mass is 19.4. The Morgan fingerprint density at radius 2 is 0.889 bits per heavy atom. The Labute approximate surface area is 94.9 Å². The summed E-state index contributed by atoms with van der Waals surface area (Å²) in [4.78, 5) is 0. The molecule has 0 aromatic carbocycles. The molecule has 18 heavy (non-hydrogen) atoms. The quantitative estimate of drug-likeness (QED) is 0.706. The summed E-state index contributed by atoms with van der Waals surface area (Å²) >= 11 is 0. The molecule has 0 aromatic heterocycles. The molecule has 0 spiro atoms. The van der Waals surface area contributed by atoms with Crippen LogP contribution in [0.4, 0.5) is 39.5 Å². The van der Waals surface area contributed by atoms with Crippen LogP contribution >= 0.6 is 0 Å². The van der Waals surface area contributed by atoms with Gasteiger partial charge < -0.3 is 4.74 Å². The molecule has 1 nitrogen and oxygen atoms in total. The van der Waals surface area contributed by atoms with Gasteiger partial charge in [-0.05, 0) is 13.8 Å². The van der Waals surface area contributed by atoms with E-state index >= 15 is 0 Å². The van der Waals surface area contributed by atoms with Gasteiger partial charge in [-0.1, -0.05) is 0 Å². The van der Waals surface area contributed by atoms with Gasteiger partial charge in [-0.15, -0.1) is 0 Å². The molecule has 0 N–H and O–H groups in total. The second kappa shape index (κ2) is 3.45. The first-order valence-corrected chi connectivity index (χ1v) is 4.55. The SMILES string of the molecule is CC(C)OC1(F)C(F)(F)C(F)(F)C(F)(F)C1(F)F. The maximum atomic E-state index is 13.4. The predicted molar refractivity (Wildman–Crippen MR) is 39.8 cm³/mol. The van der Waals surface area contributed by atoms with Crippen LogP contribution in [0.2, 0.25) is 0 Å². The molecule has 10 heteroatoms. The summed E-state index contributed by atoms with van der Waals surface area (Å²) < 4.78 is 119. The highest BCUT2D eigenvalue weighted by molar-refractivity contribution is 5.23. The Morgan fingerprint density at radius 1 is 0.611 bits per heavy atom. The fraction of sp³-hybridized carbons (Fsp3) is 1.00. The van der Waals surface area contributed by atoms with Crippen molar-refractivity contribution in [1.29, 1.82) is 0 Å². The lowest BCUT2D eigenvalue weighted by Gasteiger charge is -2.32. The molecule has 1 fully saturated rings. The first kappa shape index (κ1) is 15.4. The van der Waals surface area contributed by atoms with Crippen LogP contribution < -0.4 is 0 Å². The van der Waals surface area contributed by atoms with Crippen LogP contribution in [0, 0.1) is 0 Å². The minimum Gasteiger partial charge on any atom is -0.333 e. The second-order valence-electron chi connectivity index (χ2n) is 4.06. The molecule has 0 atom stereocenters. The Bertz CT molecular complexity index is 322. The van der Waals surface area contributed by atoms with Crippen molar-refractivity contribution < 1.29 is 44.3 Å². The number of hydrogen-bond donors (Lipinski definition) is 0. The van der Waals surface area contributed by atoms with Gasteiger partial charge in [-0.25, -0.2) is 0 Å². The van der Waals surface area contributed by atoms with Gasteiger partial charge in [0.05, 0.1) is 6.10 Å². The lowest BCUT2D eigenvalue weighted by atomic mass is 10.1. The van der Waals surface area contributed by atoms with Crippen molar-refractivity contribution in [1.82, 2.24) is 0 Å². The zero-order chi connectivity index (χ0) is 14.8. The van der Waals surface area contributed by atoms with E-state index in [1.54, 1.807) is 0 Å². The Hall–Kier alpha value is -0.670. The standard InChI is InChI=1S/C8H7F9O/c1-3(2)18-8(17)6(13,14)4(9,10)5(11,12)7(8,15)16/h3H,1-2H3. The molecule has 0 saturated heterocycles. The van der Waals surface area contributed by atoms with Crippen molar-refractivity contribution in [3.05, 3.63) is 0 Å². The average molecular weight is 290 g/mol. The molecule has 0 heterocycles. The molecule has 0 radical (unpaired) electrons. The van der Waals surface area contributed by atoms with Crippen molar-refractivity contribution in [3.63, 3.8) is 0 Å². The van der Waals surface area contributed by atoms with Gasteiger partial charge in [0.15, 0.2) is 0 Å². The van der Waals surface area contributed by atoms with Crippen LogP contribution in [0.5, 0.6) is 0 Å². The van der Waals surface area contributed by atoms with Crippen LogP contribution in [-0.4, -0.2) is 35.6 Å². The van der Waals surface area contributed by atoms with Crippen LogP contribution in [0.1, 0.15) is 13.8 Å². The Morgan fingerprint density at radius 3 is 1.11 bits per heavy atom. The van der Waals surface area contributed by atoms with Gasteiger partial charge in [0.25, 0.3) is 0 Å². The average Bonchev–Trinajstić information content (AvgIpc) is 2.17. The maximum absolute atomic E-state index is 13.4. The van der Waals surface area contributed by atoms with E-state index in [1.165, 1.54) is 0 Å². The van der Waals surface area contributed by atoms with E-state index in [0.717, 1.165) is 13.8 Å². The van der Waals surface area contributed by atoms with E-state index in [0.29, 0.717) is 0 Å². The fourth-order valence-corrected chi connectivity index (χ4v) is 1.47. The molecule has 0 aliphatic heterocycles. The Kier molecular flexibility index (Phi) is 2.95. The number of ether oxygens (including phenoxy) is 1. The van der Waals surface area contributed by atoms with Gasteiger partial charge in [-0.3, -0.25) is 0 Å². The maximum Gasteiger partial charge on any atom is 0.384 e. The lowest BCUT2D eigenvalue weighted by Crippen LogP contribution is -2.57. The first-order chi connectivity index (χ1) is 7.67. The van der Waals surface area contributed by atoms with Crippen LogP contribution in [-0.2, 0) is 4.74 Å². The fourth-order valence-electron chi connectivity index (χ4n) is 1.47. The van der Waals surface area contributed by atoms with E-state index in [-0.39, 0.29) is 0 Å². The minimum atomic E-state index is -6.58. The van der Waals surface area contributed by atoms with Crippen LogP contribution in [0.3, 0.4) is 0 Å². The molecular formula is C8H7F9O. The molecule has 1 saturated carbocycles. The highest BCUT2D eigenvalue weighted by Gasteiger charge is 3.02. The summed E-state index contributed by atoms with van der Waals surface area (Å²) in [6.45, 7) is 1.50. The van der Waals surface area contributed by atoms with E-state index < -0.39 is 35.6 Å². The summed E-state index contributed by atoms with van der Waals surface area (Å²) in [6.07, 6.45) is -1.74. The largest absolute Gasteiger partial charge is 0.384 e. The number of hydrogen-bond acceptors (Lipinski definition) is 1. The first-order valence-electron chi connectivity index (χ1n) is 4.55. The van der Waals surface area contributed by atoms with Crippen molar-refractivity contribution in [2.45, 2.75) is 49.5 Å². The predicted octanol–water partition coefficient (Wildman–Crippen LogP) is 3.63. The molecule has 1 rings (SSSR count). The zero-order valence-corrected chi connectivity index (χ0v) is 8.89. The summed E-state index contributed by atoms with van der Waals surface area (Å²) in [5.74, 6) is -31.7. The molecular weight excluding hydrogens is 283 g/mol. The normalized spacial score (nSPS) is 30.7. The summed E-state index contributed by atoms with van der Waals surface area (Å²) in [6, 6.07) is 0. The molecule has 0 bridgehead atoms. The third kappa shape index (κ3) is 1.29. The molecule has 0 aromatic rings. The zero-order valence-electron chi connectivity index (χ0n) is 8.89. The summed E-state index contributed by atoms with van der Waals surface area (Å²) in [7, 11) is 0. The monoisotopic (exact) mass is 290 g/mol. The summed E-state index contributed by atoms with van der Waals surface area (Å²) in [5.41, 5.74) is 0. The summed E-state index contributed by atoms with van der Waals surface area (Å²) in [5, 5.41) is 0. The van der Waals surface area contributed by atoms with Crippen molar-refractivity contribution in [2.24, 2.45) is 0 Å². The lowest BCUT2D eigenvalue weighted by molar-refractivity contribution is -0.365. The molecule has 0 unspecified atom stereocenters. The van der Waals surface area contributed by atoms with Gasteiger partial charge >= 0.3 is 29.5 Å². The molecule has 1 aliphatic rings. The van der Waals surface area contributed by atoms with E-state index in [2.05, 4.69) is 4.74 Å². The van der Waals surface area contributed by atoms with Crippen molar-refractivity contribution in [3.8, 4) is 0 Å². The molecule has 1 aliphatic carbocycles. The van der Waals surface area contributed by atoms with E-state index in [1.807, 2.05) is 0 Å². The van der Waals surface area contributed by atoms with Gasteiger partial charge in [-0.2, -0.15) is 39.5 Å². The van der Waals surface area contributed by atoms with Crippen molar-refractivity contribution in [2.75, 3.05) is 0 Å².